The van der Waals surface area contributed by atoms with Crippen molar-refractivity contribution >= 4 is 11.6 Å². The number of hydrogen-bond donors (Lipinski definition) is 2. The summed E-state index contributed by atoms with van der Waals surface area (Å²) in [5.41, 5.74) is 3.91. The molecule has 19 heavy (non-hydrogen) atoms. The van der Waals surface area contributed by atoms with E-state index in [1.165, 1.54) is 4.90 Å². The average molecular weight is 270 g/mol. The Bertz CT molecular complexity index is 514. The number of benzene rings is 1. The van der Waals surface area contributed by atoms with Gasteiger partial charge in [-0.05, 0) is 12.5 Å². The summed E-state index contributed by atoms with van der Waals surface area (Å²) in [6.45, 7) is 2.26. The number of likely N-dealkylation sites (tertiary alicyclic amines) is 1. The van der Waals surface area contributed by atoms with Gasteiger partial charge in [0.05, 0.1) is 29.9 Å². The summed E-state index contributed by atoms with van der Waals surface area (Å²) in [6, 6.07) is 1.59. The van der Waals surface area contributed by atoms with Gasteiger partial charge in [0.2, 0.25) is 0 Å². The molecule has 1 heterocycles. The lowest BCUT2D eigenvalue weighted by molar-refractivity contribution is -0.0861. The van der Waals surface area contributed by atoms with Crippen LogP contribution in [-0.2, 0) is 0 Å². The van der Waals surface area contributed by atoms with Gasteiger partial charge in [-0.3, -0.25) is 4.79 Å². The quantitative estimate of drug-likeness (QED) is 0.819. The highest BCUT2D eigenvalue weighted by Gasteiger charge is 2.43. The molecule has 0 radical (unpaired) electrons. The molecule has 1 aromatic rings. The standard InChI is InChI=1S/C13H16F2N2O2/c1-2-3-13(19)6-17(7-13)12(18)8-4-11(16)10(15)5-9(8)14/h4-5,19H,2-3,6-7,16H2,1H3. The first-order chi connectivity index (χ1) is 8.86. The summed E-state index contributed by atoms with van der Waals surface area (Å²) < 4.78 is 26.6. The monoisotopic (exact) mass is 270 g/mol. The molecular formula is C13H16F2N2O2. The van der Waals surface area contributed by atoms with Crippen LogP contribution in [0.15, 0.2) is 12.1 Å². The first-order valence-electron chi connectivity index (χ1n) is 6.12. The highest BCUT2D eigenvalue weighted by molar-refractivity contribution is 5.96. The van der Waals surface area contributed by atoms with Crippen molar-refractivity contribution in [2.24, 2.45) is 0 Å². The van der Waals surface area contributed by atoms with Gasteiger partial charge in [0.15, 0.2) is 0 Å². The zero-order valence-electron chi connectivity index (χ0n) is 10.6. The number of aliphatic hydroxyl groups is 1. The molecule has 2 rings (SSSR count). The second-order valence-corrected chi connectivity index (χ2v) is 4.99. The number of halogens is 2. The zero-order chi connectivity index (χ0) is 14.2. The third-order valence-electron chi connectivity index (χ3n) is 3.29. The van der Waals surface area contributed by atoms with Crippen molar-refractivity contribution in [3.8, 4) is 0 Å². The zero-order valence-corrected chi connectivity index (χ0v) is 10.6. The van der Waals surface area contributed by atoms with Crippen LogP contribution in [0.25, 0.3) is 0 Å². The molecule has 3 N–H and O–H groups in total. The Labute approximate surface area is 109 Å². The minimum Gasteiger partial charge on any atom is -0.396 e. The Hall–Kier alpha value is -1.69. The van der Waals surface area contributed by atoms with Gasteiger partial charge in [-0.1, -0.05) is 13.3 Å². The first-order valence-corrected chi connectivity index (χ1v) is 6.12. The van der Waals surface area contributed by atoms with Crippen LogP contribution in [0.1, 0.15) is 30.1 Å². The number of nitrogen functional groups attached to an aromatic ring is 1. The van der Waals surface area contributed by atoms with Crippen molar-refractivity contribution in [1.29, 1.82) is 0 Å². The van der Waals surface area contributed by atoms with Gasteiger partial charge in [-0.15, -0.1) is 0 Å². The summed E-state index contributed by atoms with van der Waals surface area (Å²) in [7, 11) is 0. The van der Waals surface area contributed by atoms with Gasteiger partial charge < -0.3 is 15.7 Å². The molecule has 4 nitrogen and oxygen atoms in total. The number of anilines is 1. The molecule has 1 amide bonds. The Morgan fingerprint density at radius 2 is 2.05 bits per heavy atom. The molecule has 1 aliphatic heterocycles. The second kappa shape index (κ2) is 4.77. The Morgan fingerprint density at radius 1 is 1.42 bits per heavy atom. The molecule has 1 aliphatic rings. The highest BCUT2D eigenvalue weighted by atomic mass is 19.1. The number of carbonyl (C=O) groups excluding carboxylic acids is 1. The van der Waals surface area contributed by atoms with E-state index >= 15 is 0 Å². The predicted octanol–water partition coefficient (Wildman–Crippen LogP) is 1.53. The van der Waals surface area contributed by atoms with E-state index in [1.54, 1.807) is 0 Å². The smallest absolute Gasteiger partial charge is 0.257 e. The van der Waals surface area contributed by atoms with Gasteiger partial charge in [-0.25, -0.2) is 8.78 Å². The first kappa shape index (κ1) is 13.7. The van der Waals surface area contributed by atoms with E-state index in [2.05, 4.69) is 0 Å². The lowest BCUT2D eigenvalue weighted by Crippen LogP contribution is -2.63. The molecule has 0 bridgehead atoms. The molecule has 1 fully saturated rings. The molecule has 6 heteroatoms. The molecule has 1 saturated heterocycles. The summed E-state index contributed by atoms with van der Waals surface area (Å²) in [5.74, 6) is -2.41. The lowest BCUT2D eigenvalue weighted by atomic mass is 9.88. The van der Waals surface area contributed by atoms with E-state index in [0.29, 0.717) is 12.5 Å². The SMILES string of the molecule is CCCC1(O)CN(C(=O)c2cc(N)c(F)cc2F)C1. The Balaban J connectivity index is 2.12. The van der Waals surface area contributed by atoms with Gasteiger partial charge >= 0.3 is 0 Å². The number of rotatable bonds is 3. The molecule has 104 valence electrons. The number of nitrogens with two attached hydrogens (primary N) is 1. The van der Waals surface area contributed by atoms with E-state index in [4.69, 9.17) is 5.73 Å². The van der Waals surface area contributed by atoms with Crippen LogP contribution in [-0.4, -0.2) is 34.6 Å². The van der Waals surface area contributed by atoms with Gasteiger partial charge in [0.25, 0.3) is 5.91 Å². The van der Waals surface area contributed by atoms with E-state index < -0.39 is 23.1 Å². The van der Waals surface area contributed by atoms with Crippen LogP contribution in [0.2, 0.25) is 0 Å². The average Bonchev–Trinajstić information content (AvgIpc) is 2.30. The largest absolute Gasteiger partial charge is 0.396 e. The van der Waals surface area contributed by atoms with Crippen molar-refractivity contribution < 1.29 is 18.7 Å². The van der Waals surface area contributed by atoms with Crippen molar-refractivity contribution in [2.75, 3.05) is 18.8 Å². The van der Waals surface area contributed by atoms with E-state index in [9.17, 15) is 18.7 Å². The van der Waals surface area contributed by atoms with Crippen molar-refractivity contribution in [2.45, 2.75) is 25.4 Å². The number of hydrogen-bond acceptors (Lipinski definition) is 3. The summed E-state index contributed by atoms with van der Waals surface area (Å²) in [5, 5.41) is 9.97. The van der Waals surface area contributed by atoms with E-state index in [0.717, 1.165) is 12.5 Å². The van der Waals surface area contributed by atoms with Crippen LogP contribution in [0, 0.1) is 11.6 Å². The molecule has 0 aliphatic carbocycles. The molecule has 0 aromatic heterocycles. The fourth-order valence-electron chi connectivity index (χ4n) is 2.33. The summed E-state index contributed by atoms with van der Waals surface area (Å²) in [6.07, 6.45) is 1.39. The molecule has 0 unspecified atom stereocenters. The summed E-state index contributed by atoms with van der Waals surface area (Å²) in [4.78, 5) is 13.3. The van der Waals surface area contributed by atoms with Gasteiger partial charge in [0, 0.05) is 6.07 Å². The molecule has 0 atom stereocenters. The van der Waals surface area contributed by atoms with Crippen LogP contribution in [0.4, 0.5) is 14.5 Å². The maximum Gasteiger partial charge on any atom is 0.257 e. The minimum atomic E-state index is -0.942. The van der Waals surface area contributed by atoms with E-state index in [-0.39, 0.29) is 24.3 Å². The van der Waals surface area contributed by atoms with E-state index in [1.807, 2.05) is 6.92 Å². The van der Waals surface area contributed by atoms with Crippen molar-refractivity contribution in [1.82, 2.24) is 4.90 Å². The predicted molar refractivity (Wildman–Crippen MR) is 66.5 cm³/mol. The topological polar surface area (TPSA) is 66.6 Å². The third kappa shape index (κ3) is 2.53. The van der Waals surface area contributed by atoms with Crippen LogP contribution < -0.4 is 5.73 Å². The molecule has 0 spiro atoms. The van der Waals surface area contributed by atoms with Gasteiger partial charge in [0.1, 0.15) is 11.6 Å². The maximum atomic E-state index is 13.5. The highest BCUT2D eigenvalue weighted by Crippen LogP contribution is 2.28. The number of nitrogens with zero attached hydrogens (tertiary/aromatic N) is 1. The number of carbonyl (C=O) groups is 1. The number of amides is 1. The fraction of sp³-hybridized carbons (Fsp3) is 0.462. The number of β-amino-alcohol motifs (C(OH)–C–C–N with tert-alkyl or cyclic N) is 1. The van der Waals surface area contributed by atoms with Crippen molar-refractivity contribution in [3.63, 3.8) is 0 Å². The van der Waals surface area contributed by atoms with Gasteiger partial charge in [-0.2, -0.15) is 0 Å². The van der Waals surface area contributed by atoms with Crippen LogP contribution in [0.5, 0.6) is 0 Å². The normalized spacial score (nSPS) is 17.2. The molecule has 0 saturated carbocycles. The van der Waals surface area contributed by atoms with Crippen LogP contribution in [0.3, 0.4) is 0 Å². The Kier molecular flexibility index (Phi) is 3.45. The third-order valence-corrected chi connectivity index (χ3v) is 3.29. The molecule has 1 aromatic carbocycles. The maximum absolute atomic E-state index is 13.5. The molecular weight excluding hydrogens is 254 g/mol. The Morgan fingerprint density at radius 3 is 2.63 bits per heavy atom. The lowest BCUT2D eigenvalue weighted by Gasteiger charge is -2.46. The minimum absolute atomic E-state index is 0.163. The second-order valence-electron chi connectivity index (χ2n) is 4.99. The fourth-order valence-corrected chi connectivity index (χ4v) is 2.33. The summed E-state index contributed by atoms with van der Waals surface area (Å²) >= 11 is 0. The van der Waals surface area contributed by atoms with Crippen molar-refractivity contribution in [3.05, 3.63) is 29.3 Å². The van der Waals surface area contributed by atoms with Crippen LogP contribution >= 0.6 is 0 Å².